The molecule has 0 radical (unpaired) electrons. The second-order valence-corrected chi connectivity index (χ2v) is 7.78. The maximum Gasteiger partial charge on any atom is 0.267 e. The number of fused-ring (bicyclic) bond motifs is 1. The Hall–Kier alpha value is -3.15. The minimum Gasteiger partial charge on any atom is -0.478 e. The molecule has 1 amide bonds. The fourth-order valence-corrected chi connectivity index (χ4v) is 3.49. The van der Waals surface area contributed by atoms with Crippen LogP contribution in [0.5, 0.6) is 5.75 Å². The minimum atomic E-state index is -1.11. The topological polar surface area (TPSA) is 56.1 Å². The van der Waals surface area contributed by atoms with E-state index in [2.05, 4.69) is 14.9 Å². The van der Waals surface area contributed by atoms with Crippen LogP contribution in [0, 0.1) is 5.82 Å². The van der Waals surface area contributed by atoms with Gasteiger partial charge >= 0.3 is 0 Å². The van der Waals surface area contributed by atoms with E-state index in [4.69, 9.17) is 4.74 Å². The van der Waals surface area contributed by atoms with Crippen LogP contribution in [0.25, 0.3) is 11.4 Å². The first-order chi connectivity index (χ1) is 13.9. The summed E-state index contributed by atoms with van der Waals surface area (Å²) in [6.45, 7) is 4.35. The summed E-state index contributed by atoms with van der Waals surface area (Å²) in [7, 11) is 0. The number of halogens is 1. The highest BCUT2D eigenvalue weighted by molar-refractivity contribution is 5.97. The molecule has 1 aromatic heterocycles. The van der Waals surface area contributed by atoms with Crippen LogP contribution in [-0.2, 0) is 17.8 Å². The lowest BCUT2D eigenvalue weighted by Gasteiger charge is -2.25. The molecule has 6 heteroatoms. The molecule has 1 aliphatic heterocycles. The Morgan fingerprint density at radius 3 is 2.55 bits per heavy atom. The van der Waals surface area contributed by atoms with Gasteiger partial charge in [0.2, 0.25) is 0 Å². The Morgan fingerprint density at radius 2 is 1.83 bits per heavy atom. The summed E-state index contributed by atoms with van der Waals surface area (Å²) in [6.07, 6.45) is 5.42. The van der Waals surface area contributed by atoms with Gasteiger partial charge in [0.15, 0.2) is 5.60 Å². The van der Waals surface area contributed by atoms with Crippen LogP contribution in [0.4, 0.5) is 10.1 Å². The minimum absolute atomic E-state index is 0.284. The van der Waals surface area contributed by atoms with Crippen molar-refractivity contribution in [2.24, 2.45) is 0 Å². The Bertz CT molecular complexity index is 1010. The number of carbonyl (C=O) groups excluding carboxylic acids is 1. The summed E-state index contributed by atoms with van der Waals surface area (Å²) in [4.78, 5) is 17.3. The van der Waals surface area contributed by atoms with Crippen molar-refractivity contribution in [3.63, 3.8) is 0 Å². The first kappa shape index (κ1) is 19.2. The third-order valence-corrected chi connectivity index (χ3v) is 5.14. The van der Waals surface area contributed by atoms with Gasteiger partial charge in [-0.25, -0.2) is 9.37 Å². The number of aromatic nitrogens is 2. The lowest BCUT2D eigenvalue weighted by molar-refractivity contribution is -0.128. The van der Waals surface area contributed by atoms with Crippen LogP contribution in [0.2, 0.25) is 0 Å². The fraction of sp³-hybridized carbons (Fsp3) is 0.304. The van der Waals surface area contributed by atoms with E-state index < -0.39 is 5.60 Å². The molecule has 0 aliphatic carbocycles. The molecule has 2 aromatic carbocycles. The molecule has 0 fully saturated rings. The zero-order valence-corrected chi connectivity index (χ0v) is 16.6. The number of nitrogens with zero attached hydrogens (tertiary/aromatic N) is 2. The molecular weight excluding hydrogens is 369 g/mol. The van der Waals surface area contributed by atoms with E-state index in [1.165, 1.54) is 42.8 Å². The van der Waals surface area contributed by atoms with Crippen molar-refractivity contribution in [2.45, 2.75) is 45.3 Å². The van der Waals surface area contributed by atoms with Crippen LogP contribution in [0.1, 0.15) is 32.4 Å². The Kier molecular flexibility index (Phi) is 5.09. The van der Waals surface area contributed by atoms with Crippen molar-refractivity contribution in [3.05, 3.63) is 66.2 Å². The standard InChI is InChI=1S/C23H24FN3O2/c1-23(2,29-20-12-8-17(24)9-13-20)22(28)26-18-10-6-16(7-11-18)21-25-15-19-5-3-4-14-27(19)21/h6-13,15H,3-5,14H2,1-2H3,(H,26,28). The van der Waals surface area contributed by atoms with Gasteiger partial charge < -0.3 is 14.6 Å². The number of amides is 1. The van der Waals surface area contributed by atoms with Gasteiger partial charge in [-0.15, -0.1) is 0 Å². The third kappa shape index (κ3) is 4.16. The molecule has 0 atom stereocenters. The van der Waals surface area contributed by atoms with Gasteiger partial charge in [-0.3, -0.25) is 4.79 Å². The number of hydrogen-bond acceptors (Lipinski definition) is 3. The predicted octanol–water partition coefficient (Wildman–Crippen LogP) is 4.82. The number of benzene rings is 2. The van der Waals surface area contributed by atoms with E-state index in [-0.39, 0.29) is 11.7 Å². The van der Waals surface area contributed by atoms with E-state index in [0.717, 1.165) is 24.4 Å². The number of nitrogens with one attached hydrogen (secondary N) is 1. The van der Waals surface area contributed by atoms with Crippen LogP contribution >= 0.6 is 0 Å². The van der Waals surface area contributed by atoms with Gasteiger partial charge in [-0.1, -0.05) is 0 Å². The highest BCUT2D eigenvalue weighted by atomic mass is 19.1. The van der Waals surface area contributed by atoms with Crippen molar-refractivity contribution in [1.82, 2.24) is 9.55 Å². The molecule has 150 valence electrons. The molecule has 1 N–H and O–H groups in total. The molecule has 29 heavy (non-hydrogen) atoms. The summed E-state index contributed by atoms with van der Waals surface area (Å²) in [5, 5.41) is 2.88. The average Bonchev–Trinajstić information content (AvgIpc) is 3.14. The first-order valence-corrected chi connectivity index (χ1v) is 9.83. The zero-order valence-electron chi connectivity index (χ0n) is 16.6. The van der Waals surface area contributed by atoms with Crippen LogP contribution in [0.3, 0.4) is 0 Å². The van der Waals surface area contributed by atoms with Crippen LogP contribution < -0.4 is 10.1 Å². The van der Waals surface area contributed by atoms with Crippen molar-refractivity contribution in [3.8, 4) is 17.1 Å². The summed E-state index contributed by atoms with van der Waals surface area (Å²) < 4.78 is 21.1. The molecule has 4 rings (SSSR count). The number of hydrogen-bond donors (Lipinski definition) is 1. The van der Waals surface area contributed by atoms with E-state index >= 15 is 0 Å². The predicted molar refractivity (Wildman–Crippen MR) is 110 cm³/mol. The monoisotopic (exact) mass is 393 g/mol. The normalized spacial score (nSPS) is 13.6. The molecule has 0 saturated heterocycles. The van der Waals surface area contributed by atoms with Gasteiger partial charge in [0.1, 0.15) is 17.4 Å². The number of carbonyl (C=O) groups is 1. The molecule has 2 heterocycles. The summed E-state index contributed by atoms with van der Waals surface area (Å²) in [5.41, 5.74) is 1.87. The smallest absolute Gasteiger partial charge is 0.267 e. The third-order valence-electron chi connectivity index (χ3n) is 5.14. The van der Waals surface area contributed by atoms with Gasteiger partial charge in [-0.2, -0.15) is 0 Å². The first-order valence-electron chi connectivity index (χ1n) is 9.83. The summed E-state index contributed by atoms with van der Waals surface area (Å²) >= 11 is 0. The summed E-state index contributed by atoms with van der Waals surface area (Å²) in [6, 6.07) is 13.3. The van der Waals surface area contributed by atoms with Crippen LogP contribution in [-0.4, -0.2) is 21.1 Å². The van der Waals surface area contributed by atoms with E-state index in [9.17, 15) is 9.18 Å². The van der Waals surface area contributed by atoms with Gasteiger partial charge in [0, 0.05) is 29.7 Å². The van der Waals surface area contributed by atoms with E-state index in [1.54, 1.807) is 13.8 Å². The quantitative estimate of drug-likeness (QED) is 0.676. The lowest BCUT2D eigenvalue weighted by Crippen LogP contribution is -2.42. The van der Waals surface area contributed by atoms with Crippen LogP contribution in [0.15, 0.2) is 54.7 Å². The highest BCUT2D eigenvalue weighted by Gasteiger charge is 2.30. The number of imidazole rings is 1. The van der Waals surface area contributed by atoms with Crippen molar-refractivity contribution >= 4 is 11.6 Å². The van der Waals surface area contributed by atoms with Gasteiger partial charge in [0.25, 0.3) is 5.91 Å². The molecule has 0 saturated carbocycles. The Labute approximate surface area is 169 Å². The fourth-order valence-electron chi connectivity index (χ4n) is 3.49. The molecule has 3 aromatic rings. The highest BCUT2D eigenvalue weighted by Crippen LogP contribution is 2.26. The average molecular weight is 393 g/mol. The maximum atomic E-state index is 13.1. The second kappa shape index (κ2) is 7.70. The molecule has 0 bridgehead atoms. The Morgan fingerprint density at radius 1 is 1.10 bits per heavy atom. The molecule has 1 aliphatic rings. The lowest BCUT2D eigenvalue weighted by atomic mass is 10.1. The number of aryl methyl sites for hydroxylation is 1. The van der Waals surface area contributed by atoms with Crippen molar-refractivity contribution in [2.75, 3.05) is 5.32 Å². The van der Waals surface area contributed by atoms with E-state index in [1.807, 2.05) is 30.5 Å². The zero-order chi connectivity index (χ0) is 20.4. The van der Waals surface area contributed by atoms with Crippen molar-refractivity contribution in [1.29, 1.82) is 0 Å². The molecule has 0 spiro atoms. The second-order valence-electron chi connectivity index (χ2n) is 7.78. The molecule has 0 unspecified atom stereocenters. The van der Waals surface area contributed by atoms with Crippen molar-refractivity contribution < 1.29 is 13.9 Å². The van der Waals surface area contributed by atoms with Gasteiger partial charge in [0.05, 0.1) is 0 Å². The molecule has 5 nitrogen and oxygen atoms in total. The maximum absolute atomic E-state index is 13.1. The Balaban J connectivity index is 1.44. The number of rotatable bonds is 5. The SMILES string of the molecule is CC(C)(Oc1ccc(F)cc1)C(=O)Nc1ccc(-c2ncc3n2CCCC3)cc1. The van der Waals surface area contributed by atoms with E-state index in [0.29, 0.717) is 11.4 Å². The van der Waals surface area contributed by atoms with Gasteiger partial charge in [-0.05, 0) is 81.6 Å². The molecular formula is C23H24FN3O2. The number of anilines is 1. The number of ether oxygens (including phenoxy) is 1. The largest absolute Gasteiger partial charge is 0.478 e. The summed E-state index contributed by atoms with van der Waals surface area (Å²) in [5.74, 6) is 0.773.